The van der Waals surface area contributed by atoms with E-state index in [-0.39, 0.29) is 21.2 Å². The summed E-state index contributed by atoms with van der Waals surface area (Å²) in [5, 5.41) is 9.16. The molecule has 0 spiro atoms. The number of nitrogens with zero attached hydrogens (tertiary/aromatic N) is 3. The summed E-state index contributed by atoms with van der Waals surface area (Å²) in [5.41, 5.74) is 1.36. The second-order valence-electron chi connectivity index (χ2n) is 2.64. The van der Waals surface area contributed by atoms with Crippen LogP contribution in [-0.4, -0.2) is 14.4 Å². The molecule has 68 valence electrons. The van der Waals surface area contributed by atoms with E-state index in [4.69, 9.17) is 16.9 Å². The van der Waals surface area contributed by atoms with E-state index in [0.29, 0.717) is 14.6 Å². The van der Waals surface area contributed by atoms with Gasteiger partial charge in [0.1, 0.15) is 0 Å². The summed E-state index contributed by atoms with van der Waals surface area (Å²) >= 11 is 6.00. The first-order chi connectivity index (χ1) is 6.33. The number of alkyl halides is 2. The van der Waals surface area contributed by atoms with Crippen LogP contribution >= 0.6 is 11.6 Å². The van der Waals surface area contributed by atoms with Gasteiger partial charge in [0.2, 0.25) is 0 Å². The molecule has 0 bridgehead atoms. The van der Waals surface area contributed by atoms with E-state index < -0.39 is 0 Å². The number of aromatic nitrogens is 2. The fourth-order valence-electron chi connectivity index (χ4n) is 1.15. The third-order valence-electron chi connectivity index (χ3n) is 1.90. The molecule has 3 nitrogen and oxygen atoms in total. The van der Waals surface area contributed by atoms with E-state index in [0.717, 1.165) is 12.1 Å². The van der Waals surface area contributed by atoms with Crippen molar-refractivity contribution in [2.75, 3.05) is 4.43 Å². The van der Waals surface area contributed by atoms with Gasteiger partial charge in [-0.3, -0.25) is 0 Å². The Kier molecular flexibility index (Phi) is 2.65. The van der Waals surface area contributed by atoms with Crippen LogP contribution in [0.5, 0.6) is 0 Å². The number of rotatable bonds is 1. The molecule has 0 radical (unpaired) electrons. The number of halogens is 2. The maximum absolute atomic E-state index is 8.87. The Morgan fingerprint density at radius 2 is 2.38 bits per heavy atom. The average molecular weight is 307 g/mol. The monoisotopic (exact) mass is 306 g/mol. The molecule has 2 heterocycles. The summed E-state index contributed by atoms with van der Waals surface area (Å²) < 4.78 is 1.87. The first-order valence-electron chi connectivity index (χ1n) is 3.81. The zero-order valence-electron chi connectivity index (χ0n) is 6.67. The summed E-state index contributed by atoms with van der Waals surface area (Å²) in [6.07, 6.45) is 2.61. The predicted molar refractivity (Wildman–Crippen MR) is 44.0 cm³/mol. The van der Waals surface area contributed by atoms with Crippen LogP contribution < -0.4 is 21.2 Å². The van der Waals surface area contributed by atoms with E-state index in [2.05, 4.69) is 16.0 Å². The molecule has 2 rings (SSSR count). The van der Waals surface area contributed by atoms with Crippen molar-refractivity contribution in [1.82, 2.24) is 9.97 Å². The Morgan fingerprint density at radius 1 is 1.62 bits per heavy atom. The van der Waals surface area contributed by atoms with Crippen LogP contribution in [0.25, 0.3) is 0 Å². The Bertz CT molecular complexity index is 370. The summed E-state index contributed by atoms with van der Waals surface area (Å²) in [7, 11) is 0. The molecule has 13 heavy (non-hydrogen) atoms. The van der Waals surface area contributed by atoms with Gasteiger partial charge < -0.3 is 0 Å². The van der Waals surface area contributed by atoms with E-state index in [1.54, 1.807) is 0 Å². The van der Waals surface area contributed by atoms with Gasteiger partial charge in [-0.05, 0) is 0 Å². The van der Waals surface area contributed by atoms with Crippen LogP contribution in [0, 0.1) is 11.3 Å². The van der Waals surface area contributed by atoms with E-state index in [9.17, 15) is 0 Å². The fourth-order valence-corrected chi connectivity index (χ4v) is 3.46. The molecule has 0 aromatic carbocycles. The van der Waals surface area contributed by atoms with Crippen molar-refractivity contribution in [1.29, 1.82) is 5.26 Å². The van der Waals surface area contributed by atoms with Gasteiger partial charge >= 0.3 is 91.6 Å². The SMILES string of the molecule is N#Cc1c(Cl)ncnc1C1CC[I-]1. The molecule has 1 unspecified atom stereocenters. The van der Waals surface area contributed by atoms with Gasteiger partial charge in [0.05, 0.1) is 0 Å². The number of hydrogen-bond acceptors (Lipinski definition) is 3. The van der Waals surface area contributed by atoms with Gasteiger partial charge in [0.25, 0.3) is 0 Å². The molecule has 1 aromatic rings. The quantitative estimate of drug-likeness (QED) is 0.362. The summed E-state index contributed by atoms with van der Waals surface area (Å²) in [6, 6.07) is 2.07. The molecule has 0 aliphatic carbocycles. The Labute approximate surface area is 91.4 Å². The van der Waals surface area contributed by atoms with Crippen LogP contribution in [0.4, 0.5) is 0 Å². The Hall–Kier alpha value is -0.410. The standard InChI is InChI=1S/C8H6ClIN3/c9-8-5(3-11)7(12-4-13-8)6-1-2-10-6/h4,6H,1-2H2/q-1. The first kappa shape index (κ1) is 9.16. The molecule has 1 aromatic heterocycles. The van der Waals surface area contributed by atoms with Crippen molar-refractivity contribution in [2.45, 2.75) is 10.3 Å². The molecular formula is C8H6ClIN3-. The molecule has 1 aliphatic rings. The van der Waals surface area contributed by atoms with Crippen LogP contribution in [0.3, 0.4) is 0 Å². The van der Waals surface area contributed by atoms with Crippen molar-refractivity contribution < 1.29 is 21.2 Å². The predicted octanol–water partition coefficient (Wildman–Crippen LogP) is -1.46. The van der Waals surface area contributed by atoms with Crippen LogP contribution in [0.2, 0.25) is 5.15 Å². The van der Waals surface area contributed by atoms with Gasteiger partial charge in [0.15, 0.2) is 0 Å². The first-order valence-corrected chi connectivity index (χ1v) is 6.96. The minimum atomic E-state index is 0.211. The van der Waals surface area contributed by atoms with Crippen molar-refractivity contribution in [2.24, 2.45) is 0 Å². The van der Waals surface area contributed by atoms with E-state index in [1.807, 2.05) is 0 Å². The molecule has 1 saturated heterocycles. The molecule has 0 amide bonds. The van der Waals surface area contributed by atoms with Gasteiger partial charge in [-0.15, -0.1) is 0 Å². The molecular weight excluding hydrogens is 300 g/mol. The van der Waals surface area contributed by atoms with Crippen molar-refractivity contribution >= 4 is 11.6 Å². The molecule has 1 atom stereocenters. The Morgan fingerprint density at radius 3 is 2.92 bits per heavy atom. The topological polar surface area (TPSA) is 49.6 Å². The second kappa shape index (κ2) is 3.76. The van der Waals surface area contributed by atoms with Crippen LogP contribution in [0.1, 0.15) is 21.6 Å². The van der Waals surface area contributed by atoms with Crippen LogP contribution in [0.15, 0.2) is 6.33 Å². The number of nitriles is 1. The molecule has 1 aliphatic heterocycles. The second-order valence-corrected chi connectivity index (χ2v) is 6.46. The third kappa shape index (κ3) is 1.63. The third-order valence-corrected chi connectivity index (χ3v) is 5.70. The molecule has 1 fully saturated rings. The molecule has 0 N–H and O–H groups in total. The van der Waals surface area contributed by atoms with Crippen molar-refractivity contribution in [3.8, 4) is 6.07 Å². The summed E-state index contributed by atoms with van der Waals surface area (Å²) in [4.78, 5) is 7.94. The van der Waals surface area contributed by atoms with Gasteiger partial charge in [-0.25, -0.2) is 0 Å². The van der Waals surface area contributed by atoms with Gasteiger partial charge in [-0.2, -0.15) is 0 Å². The number of hydrogen-bond donors (Lipinski definition) is 0. The fraction of sp³-hybridized carbons (Fsp3) is 0.375. The molecule has 0 saturated carbocycles. The van der Waals surface area contributed by atoms with Crippen molar-refractivity contribution in [3.63, 3.8) is 0 Å². The summed E-state index contributed by atoms with van der Waals surface area (Å²) in [6.45, 7) is 0. The molecule has 5 heteroatoms. The van der Waals surface area contributed by atoms with Crippen LogP contribution in [-0.2, 0) is 0 Å². The maximum atomic E-state index is 8.87. The zero-order chi connectivity index (χ0) is 9.26. The van der Waals surface area contributed by atoms with Crippen molar-refractivity contribution in [3.05, 3.63) is 22.7 Å². The zero-order valence-corrected chi connectivity index (χ0v) is 9.58. The Balaban J connectivity index is 2.44. The minimum absolute atomic E-state index is 0.211. The average Bonchev–Trinajstić information content (AvgIpc) is 2.01. The summed E-state index contributed by atoms with van der Waals surface area (Å²) in [5.74, 6) is 0. The van der Waals surface area contributed by atoms with E-state index in [1.165, 1.54) is 10.8 Å². The normalized spacial score (nSPS) is 21.1. The van der Waals surface area contributed by atoms with Gasteiger partial charge in [-0.1, -0.05) is 0 Å². The van der Waals surface area contributed by atoms with E-state index >= 15 is 0 Å². The van der Waals surface area contributed by atoms with Gasteiger partial charge in [0, 0.05) is 0 Å².